The monoisotopic (exact) mass is 350 g/mol. The number of piperidine rings is 1. The summed E-state index contributed by atoms with van der Waals surface area (Å²) in [6.07, 6.45) is 4.06. The first-order chi connectivity index (χ1) is 12.6. The summed E-state index contributed by atoms with van der Waals surface area (Å²) in [5.41, 5.74) is 3.13. The molecule has 1 N–H and O–H groups in total. The zero-order chi connectivity index (χ0) is 18.1. The molecule has 2 aliphatic rings. The molecule has 1 unspecified atom stereocenters. The second kappa shape index (κ2) is 7.12. The van der Waals surface area contributed by atoms with Gasteiger partial charge < -0.3 is 10.0 Å². The second-order valence-electron chi connectivity index (χ2n) is 7.51. The number of aryl methyl sites for hydroxylation is 1. The number of aromatic hydroxyl groups is 1. The molecule has 4 rings (SSSR count). The number of phenolic OH excluding ortho intramolecular Hbond substituents is 1. The highest BCUT2D eigenvalue weighted by atomic mass is 16.3. The molecule has 1 amide bonds. The van der Waals surface area contributed by atoms with Crippen LogP contribution in [0.5, 0.6) is 5.75 Å². The maximum absolute atomic E-state index is 13.1. The molecular formula is C22H26N2O2. The van der Waals surface area contributed by atoms with Crippen molar-refractivity contribution in [2.45, 2.75) is 51.4 Å². The van der Waals surface area contributed by atoms with Gasteiger partial charge in [0.2, 0.25) is 5.91 Å². The molecular weight excluding hydrogens is 324 g/mol. The van der Waals surface area contributed by atoms with Crippen LogP contribution in [0.2, 0.25) is 0 Å². The average Bonchev–Trinajstić information content (AvgIpc) is 2.92. The molecule has 2 fully saturated rings. The third kappa shape index (κ3) is 3.21. The van der Waals surface area contributed by atoms with Crippen molar-refractivity contribution in [3.63, 3.8) is 0 Å². The van der Waals surface area contributed by atoms with Crippen molar-refractivity contribution in [3.8, 4) is 5.75 Å². The largest absolute Gasteiger partial charge is 0.508 e. The Bertz CT molecular complexity index is 790. The predicted octanol–water partition coefficient (Wildman–Crippen LogP) is 3.47. The number of amides is 1. The molecule has 2 aromatic rings. The van der Waals surface area contributed by atoms with E-state index in [0.29, 0.717) is 12.3 Å². The number of nitrogens with zero attached hydrogens (tertiary/aromatic N) is 2. The standard InChI is InChI=1S/C22H26N2O2/c1-16-10-11-18(13-20(16)25)14-21-23-12-6-5-9-19(23)22(26)24(21)15-17-7-3-2-4-8-17/h2-4,7-8,10-11,13,19,21,25H,5-6,9,12,14-15H2,1H3/t19?,21-/m1/s1. The molecule has 0 aliphatic carbocycles. The Kier molecular flexibility index (Phi) is 4.68. The first kappa shape index (κ1) is 17.1. The minimum Gasteiger partial charge on any atom is -0.508 e. The highest BCUT2D eigenvalue weighted by Gasteiger charge is 2.46. The van der Waals surface area contributed by atoms with Crippen LogP contribution in [0.4, 0.5) is 0 Å². The number of carbonyl (C=O) groups excluding carboxylic acids is 1. The van der Waals surface area contributed by atoms with Crippen LogP contribution in [-0.4, -0.2) is 39.6 Å². The number of hydrogen-bond acceptors (Lipinski definition) is 3. The Morgan fingerprint density at radius 3 is 2.65 bits per heavy atom. The number of hydrogen-bond donors (Lipinski definition) is 1. The van der Waals surface area contributed by atoms with Crippen molar-refractivity contribution in [2.75, 3.05) is 6.54 Å². The smallest absolute Gasteiger partial charge is 0.241 e. The minimum absolute atomic E-state index is 0.0245. The summed E-state index contributed by atoms with van der Waals surface area (Å²) in [5, 5.41) is 10.1. The van der Waals surface area contributed by atoms with Crippen LogP contribution in [0.3, 0.4) is 0 Å². The molecule has 2 aliphatic heterocycles. The lowest BCUT2D eigenvalue weighted by molar-refractivity contribution is -0.130. The van der Waals surface area contributed by atoms with Gasteiger partial charge >= 0.3 is 0 Å². The van der Waals surface area contributed by atoms with Crippen molar-refractivity contribution in [2.24, 2.45) is 0 Å². The van der Waals surface area contributed by atoms with Gasteiger partial charge in [-0.3, -0.25) is 9.69 Å². The van der Waals surface area contributed by atoms with E-state index in [4.69, 9.17) is 0 Å². The molecule has 0 bridgehead atoms. The van der Waals surface area contributed by atoms with Gasteiger partial charge in [-0.15, -0.1) is 0 Å². The molecule has 0 radical (unpaired) electrons. The fraction of sp³-hybridized carbons (Fsp3) is 0.409. The second-order valence-corrected chi connectivity index (χ2v) is 7.51. The normalized spacial score (nSPS) is 23.3. The summed E-state index contributed by atoms with van der Waals surface area (Å²) < 4.78 is 0. The van der Waals surface area contributed by atoms with Crippen LogP contribution < -0.4 is 0 Å². The molecule has 2 heterocycles. The highest BCUT2D eigenvalue weighted by molar-refractivity contribution is 5.84. The Balaban J connectivity index is 1.62. The summed E-state index contributed by atoms with van der Waals surface area (Å²) in [7, 11) is 0. The quantitative estimate of drug-likeness (QED) is 0.918. The predicted molar refractivity (Wildman–Crippen MR) is 102 cm³/mol. The topological polar surface area (TPSA) is 43.8 Å². The molecule has 4 nitrogen and oxygen atoms in total. The molecule has 2 saturated heterocycles. The summed E-state index contributed by atoms with van der Waals surface area (Å²) in [6, 6.07) is 16.1. The van der Waals surface area contributed by atoms with E-state index in [1.54, 1.807) is 0 Å². The van der Waals surface area contributed by atoms with Crippen LogP contribution in [0.15, 0.2) is 48.5 Å². The van der Waals surface area contributed by atoms with E-state index in [2.05, 4.69) is 23.1 Å². The summed E-state index contributed by atoms with van der Waals surface area (Å²) in [5.74, 6) is 0.589. The van der Waals surface area contributed by atoms with Gasteiger partial charge in [0.1, 0.15) is 5.75 Å². The third-order valence-corrected chi connectivity index (χ3v) is 5.74. The molecule has 136 valence electrons. The number of benzene rings is 2. The molecule has 2 aromatic carbocycles. The SMILES string of the molecule is Cc1ccc(C[C@H]2N(Cc3ccccc3)C(=O)C3CCCCN32)cc1O. The maximum Gasteiger partial charge on any atom is 0.241 e. The molecule has 0 saturated carbocycles. The summed E-state index contributed by atoms with van der Waals surface area (Å²) in [4.78, 5) is 17.5. The fourth-order valence-electron chi connectivity index (χ4n) is 4.28. The van der Waals surface area contributed by atoms with Gasteiger partial charge in [0.25, 0.3) is 0 Å². The first-order valence-corrected chi connectivity index (χ1v) is 9.52. The lowest BCUT2D eigenvalue weighted by Crippen LogP contribution is -2.44. The van der Waals surface area contributed by atoms with Crippen LogP contribution in [-0.2, 0) is 17.8 Å². The first-order valence-electron chi connectivity index (χ1n) is 9.52. The van der Waals surface area contributed by atoms with Crippen molar-refractivity contribution < 1.29 is 9.90 Å². The van der Waals surface area contributed by atoms with E-state index in [1.807, 2.05) is 42.2 Å². The number of phenols is 1. The number of carbonyl (C=O) groups is 1. The Labute approximate surface area is 155 Å². The molecule has 0 aromatic heterocycles. The maximum atomic E-state index is 13.1. The highest BCUT2D eigenvalue weighted by Crippen LogP contribution is 2.33. The number of rotatable bonds is 4. The van der Waals surface area contributed by atoms with Gasteiger partial charge in [-0.2, -0.15) is 0 Å². The van der Waals surface area contributed by atoms with E-state index in [1.165, 1.54) is 0 Å². The van der Waals surface area contributed by atoms with E-state index in [9.17, 15) is 9.90 Å². The van der Waals surface area contributed by atoms with Crippen molar-refractivity contribution in [3.05, 3.63) is 65.2 Å². The molecule has 2 atom stereocenters. The molecule has 26 heavy (non-hydrogen) atoms. The summed E-state index contributed by atoms with van der Waals surface area (Å²) in [6.45, 7) is 3.53. The third-order valence-electron chi connectivity index (χ3n) is 5.74. The van der Waals surface area contributed by atoms with Gasteiger partial charge in [-0.1, -0.05) is 48.9 Å². The Morgan fingerprint density at radius 1 is 1.08 bits per heavy atom. The van der Waals surface area contributed by atoms with Crippen LogP contribution >= 0.6 is 0 Å². The van der Waals surface area contributed by atoms with Gasteiger partial charge in [-0.05, 0) is 42.5 Å². The fourth-order valence-corrected chi connectivity index (χ4v) is 4.28. The van der Waals surface area contributed by atoms with Gasteiger partial charge in [0, 0.05) is 19.5 Å². The Morgan fingerprint density at radius 2 is 1.88 bits per heavy atom. The van der Waals surface area contributed by atoms with Gasteiger partial charge in [0.05, 0.1) is 12.2 Å². The van der Waals surface area contributed by atoms with Crippen molar-refractivity contribution in [1.29, 1.82) is 0 Å². The van der Waals surface area contributed by atoms with E-state index in [0.717, 1.165) is 48.9 Å². The van der Waals surface area contributed by atoms with Crippen LogP contribution in [0.1, 0.15) is 36.0 Å². The van der Waals surface area contributed by atoms with E-state index < -0.39 is 0 Å². The molecule has 0 spiro atoms. The Hall–Kier alpha value is -2.33. The zero-order valence-corrected chi connectivity index (χ0v) is 15.3. The molecule has 4 heteroatoms. The lowest BCUT2D eigenvalue weighted by Gasteiger charge is -2.33. The number of fused-ring (bicyclic) bond motifs is 1. The van der Waals surface area contributed by atoms with E-state index >= 15 is 0 Å². The summed E-state index contributed by atoms with van der Waals surface area (Å²) >= 11 is 0. The van der Waals surface area contributed by atoms with Crippen molar-refractivity contribution in [1.82, 2.24) is 9.80 Å². The van der Waals surface area contributed by atoms with E-state index in [-0.39, 0.29) is 18.1 Å². The minimum atomic E-state index is 0.0245. The van der Waals surface area contributed by atoms with Crippen LogP contribution in [0.25, 0.3) is 0 Å². The van der Waals surface area contributed by atoms with Crippen molar-refractivity contribution >= 4 is 5.91 Å². The van der Waals surface area contributed by atoms with Gasteiger partial charge in [-0.25, -0.2) is 0 Å². The van der Waals surface area contributed by atoms with Crippen LogP contribution in [0, 0.1) is 6.92 Å². The average molecular weight is 350 g/mol. The van der Waals surface area contributed by atoms with Gasteiger partial charge in [0.15, 0.2) is 0 Å². The zero-order valence-electron chi connectivity index (χ0n) is 15.3. The lowest BCUT2D eigenvalue weighted by atomic mass is 10.0.